The number of benzene rings is 1. The van der Waals surface area contributed by atoms with Gasteiger partial charge < -0.3 is 0 Å². The first-order valence-corrected chi connectivity index (χ1v) is 8.04. The van der Waals surface area contributed by atoms with Gasteiger partial charge in [0.05, 0.1) is 15.4 Å². The molecule has 0 N–H and O–H groups in total. The van der Waals surface area contributed by atoms with Crippen molar-refractivity contribution in [3.8, 4) is 0 Å². The Labute approximate surface area is 122 Å². The molecule has 1 aliphatic rings. The molecule has 1 aliphatic heterocycles. The van der Waals surface area contributed by atoms with E-state index in [1.807, 2.05) is 6.92 Å². The molecular formula is C13H17FN2O4S. The van der Waals surface area contributed by atoms with Gasteiger partial charge >= 0.3 is 5.69 Å². The van der Waals surface area contributed by atoms with Crippen molar-refractivity contribution in [2.75, 3.05) is 13.1 Å². The number of sulfonamides is 1. The van der Waals surface area contributed by atoms with Crippen LogP contribution in [0.5, 0.6) is 0 Å². The highest BCUT2D eigenvalue weighted by Crippen LogP contribution is 2.34. The molecule has 2 rings (SSSR count). The average molecular weight is 316 g/mol. The molecule has 0 bridgehead atoms. The van der Waals surface area contributed by atoms with Gasteiger partial charge in [0, 0.05) is 13.1 Å². The molecule has 6 nitrogen and oxygen atoms in total. The summed E-state index contributed by atoms with van der Waals surface area (Å²) in [6.07, 6.45) is 0.751. The number of halogens is 1. The molecule has 21 heavy (non-hydrogen) atoms. The van der Waals surface area contributed by atoms with Gasteiger partial charge in [0.15, 0.2) is 0 Å². The maximum atomic E-state index is 13.7. The van der Waals surface area contributed by atoms with Crippen LogP contribution in [-0.2, 0) is 10.0 Å². The molecule has 0 aliphatic carbocycles. The van der Waals surface area contributed by atoms with Crippen molar-refractivity contribution in [1.29, 1.82) is 0 Å². The van der Waals surface area contributed by atoms with Crippen molar-refractivity contribution in [3.05, 3.63) is 33.1 Å². The number of rotatable bonds is 3. The summed E-state index contributed by atoms with van der Waals surface area (Å²) in [6.45, 7) is 5.44. The smallest absolute Gasteiger partial charge is 0.258 e. The molecule has 116 valence electrons. The molecule has 0 amide bonds. The standard InChI is InChI=1S/C13H17FN2O4S/c1-8-4-5-15(7-8)21(19,20)13-9(2)6-11(14)12(10(13)3)16(17)18/h6,8H,4-5,7H2,1-3H3. The molecule has 1 atom stereocenters. The molecule has 1 fully saturated rings. The van der Waals surface area contributed by atoms with Gasteiger partial charge in [-0.1, -0.05) is 6.92 Å². The fraction of sp³-hybridized carbons (Fsp3) is 0.538. The highest BCUT2D eigenvalue weighted by Gasteiger charge is 2.36. The lowest BCUT2D eigenvalue weighted by Crippen LogP contribution is -2.30. The van der Waals surface area contributed by atoms with E-state index in [0.29, 0.717) is 13.1 Å². The first-order valence-electron chi connectivity index (χ1n) is 6.60. The van der Waals surface area contributed by atoms with Gasteiger partial charge in [0.2, 0.25) is 15.8 Å². The van der Waals surface area contributed by atoms with Crippen molar-refractivity contribution in [1.82, 2.24) is 4.31 Å². The van der Waals surface area contributed by atoms with Crippen LogP contribution in [-0.4, -0.2) is 30.7 Å². The molecule has 0 saturated carbocycles. The maximum Gasteiger partial charge on any atom is 0.309 e. The normalized spacial score (nSPS) is 19.9. The molecular weight excluding hydrogens is 299 g/mol. The summed E-state index contributed by atoms with van der Waals surface area (Å²) < 4.78 is 40.4. The van der Waals surface area contributed by atoms with Crippen LogP contribution >= 0.6 is 0 Å². The van der Waals surface area contributed by atoms with E-state index in [4.69, 9.17) is 0 Å². The molecule has 0 radical (unpaired) electrons. The van der Waals surface area contributed by atoms with Crippen LogP contribution in [0.3, 0.4) is 0 Å². The van der Waals surface area contributed by atoms with Gasteiger partial charge in [-0.25, -0.2) is 8.42 Å². The van der Waals surface area contributed by atoms with Crippen molar-refractivity contribution in [2.24, 2.45) is 5.92 Å². The van der Waals surface area contributed by atoms with E-state index in [1.54, 1.807) is 0 Å². The summed E-state index contributed by atoms with van der Waals surface area (Å²) in [4.78, 5) is 9.94. The number of nitro benzene ring substituents is 1. The minimum Gasteiger partial charge on any atom is -0.258 e. The molecule has 1 saturated heterocycles. The van der Waals surface area contributed by atoms with Crippen LogP contribution in [0.15, 0.2) is 11.0 Å². The largest absolute Gasteiger partial charge is 0.309 e. The van der Waals surface area contributed by atoms with Gasteiger partial charge in [0.25, 0.3) is 0 Å². The van der Waals surface area contributed by atoms with E-state index < -0.39 is 26.5 Å². The summed E-state index contributed by atoms with van der Waals surface area (Å²) in [5.41, 5.74) is -0.723. The zero-order valence-electron chi connectivity index (χ0n) is 12.1. The second-order valence-electron chi connectivity index (χ2n) is 5.49. The van der Waals surface area contributed by atoms with Crippen LogP contribution in [0.1, 0.15) is 24.5 Å². The van der Waals surface area contributed by atoms with Gasteiger partial charge in [0.1, 0.15) is 0 Å². The van der Waals surface area contributed by atoms with Gasteiger partial charge in [-0.2, -0.15) is 8.70 Å². The molecule has 8 heteroatoms. The third kappa shape index (κ3) is 2.65. The number of nitrogens with zero attached hydrogens (tertiary/aromatic N) is 2. The Kier molecular flexibility index (Phi) is 4.03. The first-order chi connectivity index (χ1) is 9.66. The maximum absolute atomic E-state index is 13.7. The molecule has 0 aromatic heterocycles. The Bertz CT molecular complexity index is 703. The predicted molar refractivity (Wildman–Crippen MR) is 75.1 cm³/mol. The van der Waals surface area contributed by atoms with Crippen LogP contribution in [0.2, 0.25) is 0 Å². The summed E-state index contributed by atoms with van der Waals surface area (Å²) in [6, 6.07) is 0.914. The van der Waals surface area contributed by atoms with E-state index in [-0.39, 0.29) is 21.9 Å². The highest BCUT2D eigenvalue weighted by atomic mass is 32.2. The lowest BCUT2D eigenvalue weighted by Gasteiger charge is -2.19. The fourth-order valence-electron chi connectivity index (χ4n) is 2.77. The summed E-state index contributed by atoms with van der Waals surface area (Å²) >= 11 is 0. The zero-order chi connectivity index (χ0) is 15.9. The van der Waals surface area contributed by atoms with Crippen LogP contribution < -0.4 is 0 Å². The number of aryl methyl sites for hydroxylation is 1. The third-order valence-electron chi connectivity index (χ3n) is 3.79. The van der Waals surface area contributed by atoms with E-state index in [2.05, 4.69) is 0 Å². The molecule has 1 heterocycles. The predicted octanol–water partition coefficient (Wildman–Crippen LogP) is 2.38. The molecule has 1 aromatic rings. The van der Waals surface area contributed by atoms with Gasteiger partial charge in [-0.3, -0.25) is 10.1 Å². The molecule has 0 spiro atoms. The van der Waals surface area contributed by atoms with Crippen molar-refractivity contribution in [3.63, 3.8) is 0 Å². The highest BCUT2D eigenvalue weighted by molar-refractivity contribution is 7.89. The van der Waals surface area contributed by atoms with Crippen LogP contribution in [0, 0.1) is 35.7 Å². The number of hydrogen-bond acceptors (Lipinski definition) is 4. The Morgan fingerprint density at radius 1 is 1.43 bits per heavy atom. The Morgan fingerprint density at radius 2 is 2.05 bits per heavy atom. The van der Waals surface area contributed by atoms with Gasteiger partial charge in [-0.05, 0) is 37.8 Å². The third-order valence-corrected chi connectivity index (χ3v) is 5.95. The average Bonchev–Trinajstić information content (AvgIpc) is 2.74. The second-order valence-corrected chi connectivity index (χ2v) is 7.37. The van der Waals surface area contributed by atoms with Crippen molar-refractivity contribution in [2.45, 2.75) is 32.1 Å². The lowest BCUT2D eigenvalue weighted by molar-refractivity contribution is -0.388. The van der Waals surface area contributed by atoms with E-state index in [0.717, 1.165) is 12.5 Å². The molecule has 1 unspecified atom stereocenters. The quantitative estimate of drug-likeness (QED) is 0.633. The Balaban J connectivity index is 2.64. The fourth-order valence-corrected chi connectivity index (χ4v) is 4.77. The number of nitro groups is 1. The van der Waals surface area contributed by atoms with Crippen molar-refractivity contribution >= 4 is 15.7 Å². The minimum atomic E-state index is -3.84. The Morgan fingerprint density at radius 3 is 2.52 bits per heavy atom. The van der Waals surface area contributed by atoms with Crippen LogP contribution in [0.25, 0.3) is 0 Å². The number of hydrogen-bond donors (Lipinski definition) is 0. The van der Waals surface area contributed by atoms with Crippen molar-refractivity contribution < 1.29 is 17.7 Å². The van der Waals surface area contributed by atoms with Crippen LogP contribution in [0.4, 0.5) is 10.1 Å². The monoisotopic (exact) mass is 316 g/mol. The van der Waals surface area contributed by atoms with E-state index in [1.165, 1.54) is 18.2 Å². The molecule has 1 aromatic carbocycles. The van der Waals surface area contributed by atoms with E-state index >= 15 is 0 Å². The second kappa shape index (κ2) is 5.34. The van der Waals surface area contributed by atoms with E-state index in [9.17, 15) is 22.9 Å². The first kappa shape index (κ1) is 15.8. The van der Waals surface area contributed by atoms with Gasteiger partial charge in [-0.15, -0.1) is 0 Å². The SMILES string of the molecule is Cc1cc(F)c([N+](=O)[O-])c(C)c1S(=O)(=O)N1CCC(C)C1. The summed E-state index contributed by atoms with van der Waals surface area (Å²) in [5.74, 6) is -0.764. The summed E-state index contributed by atoms with van der Waals surface area (Å²) in [7, 11) is -3.84. The lowest BCUT2D eigenvalue weighted by atomic mass is 10.1. The zero-order valence-corrected chi connectivity index (χ0v) is 12.9. The minimum absolute atomic E-state index is 0.142. The Hall–Kier alpha value is -1.54. The summed E-state index contributed by atoms with van der Waals surface area (Å²) in [5, 5.41) is 11.0. The topological polar surface area (TPSA) is 80.5 Å².